The van der Waals surface area contributed by atoms with E-state index in [2.05, 4.69) is 17.3 Å². The number of nitrogens with one attached hydrogen (secondary N) is 1. The Kier molecular flexibility index (Phi) is 4.79. The van der Waals surface area contributed by atoms with Crippen molar-refractivity contribution < 1.29 is 4.79 Å². The highest BCUT2D eigenvalue weighted by Gasteiger charge is 2.18. The lowest BCUT2D eigenvalue weighted by Crippen LogP contribution is -2.23. The quantitative estimate of drug-likeness (QED) is 0.919. The molecule has 1 amide bonds. The number of amides is 1. The molecule has 1 aromatic heterocycles. The smallest absolute Gasteiger partial charge is 0.254 e. The Balaban J connectivity index is 2.49. The maximum Gasteiger partial charge on any atom is 0.254 e. The summed E-state index contributed by atoms with van der Waals surface area (Å²) < 4.78 is 1.76. The second kappa shape index (κ2) is 6.57. The Hall–Kier alpha value is -1.81. The second-order valence-corrected chi connectivity index (χ2v) is 4.88. The number of hydrogen-bond acceptors (Lipinski definition) is 2. The Morgan fingerprint density at radius 1 is 1.35 bits per heavy atom. The molecule has 0 unspecified atom stereocenters. The Morgan fingerprint density at radius 2 is 2.10 bits per heavy atom. The van der Waals surface area contributed by atoms with Crippen LogP contribution in [0.3, 0.4) is 0 Å². The summed E-state index contributed by atoms with van der Waals surface area (Å²) >= 11 is 6.22. The Bertz CT molecular complexity index is 607. The summed E-state index contributed by atoms with van der Waals surface area (Å²) in [5.74, 6) is -0.0887. The molecule has 1 heterocycles. The summed E-state index contributed by atoms with van der Waals surface area (Å²) in [5.41, 5.74) is 2.31. The molecule has 0 aliphatic heterocycles. The molecule has 106 valence electrons. The van der Waals surface area contributed by atoms with Crippen molar-refractivity contribution in [1.82, 2.24) is 15.1 Å². The van der Waals surface area contributed by atoms with Gasteiger partial charge < -0.3 is 5.32 Å². The van der Waals surface area contributed by atoms with Gasteiger partial charge in [-0.3, -0.25) is 4.79 Å². The van der Waals surface area contributed by atoms with E-state index in [0.717, 1.165) is 24.2 Å². The number of para-hydroxylation sites is 1. The fourth-order valence-electron chi connectivity index (χ4n) is 2.13. The zero-order valence-electron chi connectivity index (χ0n) is 11.7. The van der Waals surface area contributed by atoms with E-state index >= 15 is 0 Å². The fraction of sp³-hybridized carbons (Fsp3) is 0.333. The molecule has 0 radical (unpaired) electrons. The van der Waals surface area contributed by atoms with Crippen LogP contribution < -0.4 is 5.32 Å². The lowest BCUT2D eigenvalue weighted by molar-refractivity contribution is 0.0955. The van der Waals surface area contributed by atoms with Gasteiger partial charge in [-0.1, -0.05) is 37.1 Å². The molecule has 2 rings (SSSR count). The van der Waals surface area contributed by atoms with Crippen molar-refractivity contribution in [3.63, 3.8) is 0 Å². The van der Waals surface area contributed by atoms with Crippen molar-refractivity contribution in [1.29, 1.82) is 0 Å². The van der Waals surface area contributed by atoms with Crippen molar-refractivity contribution in [2.45, 2.75) is 26.7 Å². The first-order valence-electron chi connectivity index (χ1n) is 6.79. The number of aromatic nitrogens is 2. The summed E-state index contributed by atoms with van der Waals surface area (Å²) in [6.07, 6.45) is 3.32. The van der Waals surface area contributed by atoms with E-state index in [0.29, 0.717) is 17.1 Å². The number of carbonyl (C=O) groups excluding carboxylic acids is 1. The number of benzene rings is 1. The predicted molar refractivity (Wildman–Crippen MR) is 80.6 cm³/mol. The summed E-state index contributed by atoms with van der Waals surface area (Å²) in [6, 6.07) is 7.50. The molecule has 4 nitrogen and oxygen atoms in total. The molecule has 5 heteroatoms. The van der Waals surface area contributed by atoms with Crippen molar-refractivity contribution >= 4 is 17.5 Å². The summed E-state index contributed by atoms with van der Waals surface area (Å²) in [5, 5.41) is 7.78. The fourth-order valence-corrected chi connectivity index (χ4v) is 2.34. The molecule has 0 atom stereocenters. The SMILES string of the molecule is CCCc1c(C(=O)NCC)cnn1-c1ccccc1Cl. The minimum Gasteiger partial charge on any atom is -0.352 e. The summed E-state index contributed by atoms with van der Waals surface area (Å²) in [6.45, 7) is 4.57. The highest BCUT2D eigenvalue weighted by molar-refractivity contribution is 6.32. The number of carbonyl (C=O) groups is 1. The number of nitrogens with zero attached hydrogens (tertiary/aromatic N) is 2. The summed E-state index contributed by atoms with van der Waals surface area (Å²) in [4.78, 5) is 12.1. The average Bonchev–Trinajstić information content (AvgIpc) is 2.84. The van der Waals surface area contributed by atoms with Crippen LogP contribution in [-0.4, -0.2) is 22.2 Å². The van der Waals surface area contributed by atoms with Crippen LogP contribution in [0.25, 0.3) is 5.69 Å². The molecule has 0 fully saturated rings. The van der Waals surface area contributed by atoms with E-state index in [1.165, 1.54) is 0 Å². The highest BCUT2D eigenvalue weighted by atomic mass is 35.5. The van der Waals surface area contributed by atoms with Gasteiger partial charge in [-0.2, -0.15) is 5.10 Å². The third-order valence-corrected chi connectivity index (χ3v) is 3.34. The third kappa shape index (κ3) is 2.85. The molecule has 0 aliphatic rings. The number of halogens is 1. The predicted octanol–water partition coefficient (Wildman–Crippen LogP) is 3.23. The molecule has 0 spiro atoms. The van der Waals surface area contributed by atoms with Gasteiger partial charge >= 0.3 is 0 Å². The first-order valence-corrected chi connectivity index (χ1v) is 7.16. The average molecular weight is 292 g/mol. The van der Waals surface area contributed by atoms with Gasteiger partial charge in [0.15, 0.2) is 0 Å². The van der Waals surface area contributed by atoms with Crippen molar-refractivity contribution in [2.24, 2.45) is 0 Å². The van der Waals surface area contributed by atoms with E-state index in [4.69, 9.17) is 11.6 Å². The lowest BCUT2D eigenvalue weighted by atomic mass is 10.1. The molecule has 1 N–H and O–H groups in total. The van der Waals surface area contributed by atoms with Gasteiger partial charge in [0.25, 0.3) is 5.91 Å². The van der Waals surface area contributed by atoms with Crippen LogP contribution in [0.4, 0.5) is 0 Å². The largest absolute Gasteiger partial charge is 0.352 e. The molecule has 0 saturated heterocycles. The Labute approximate surface area is 123 Å². The first kappa shape index (κ1) is 14.6. The molecular formula is C15H18ClN3O. The number of hydrogen-bond donors (Lipinski definition) is 1. The molecule has 0 bridgehead atoms. The van der Waals surface area contributed by atoms with E-state index < -0.39 is 0 Å². The standard InChI is InChI=1S/C15H18ClN3O/c1-3-7-13-11(15(20)17-4-2)10-18-19(13)14-9-6-5-8-12(14)16/h5-6,8-10H,3-4,7H2,1-2H3,(H,17,20). The van der Waals surface area contributed by atoms with Crippen LogP contribution in [0.15, 0.2) is 30.5 Å². The molecule has 0 aliphatic carbocycles. The van der Waals surface area contributed by atoms with E-state index in [9.17, 15) is 4.79 Å². The first-order chi connectivity index (χ1) is 9.69. The van der Waals surface area contributed by atoms with E-state index in [-0.39, 0.29) is 5.91 Å². The number of rotatable bonds is 5. The van der Waals surface area contributed by atoms with Gasteiger partial charge in [0.05, 0.1) is 28.2 Å². The Morgan fingerprint density at radius 3 is 2.75 bits per heavy atom. The van der Waals surface area contributed by atoms with Crippen molar-refractivity contribution in [3.8, 4) is 5.69 Å². The van der Waals surface area contributed by atoms with Crippen LogP contribution in [-0.2, 0) is 6.42 Å². The molecule has 1 aromatic carbocycles. The van der Waals surface area contributed by atoms with Crippen LogP contribution in [0, 0.1) is 0 Å². The minimum absolute atomic E-state index is 0.0887. The van der Waals surface area contributed by atoms with Gasteiger partial charge in [-0.25, -0.2) is 4.68 Å². The third-order valence-electron chi connectivity index (χ3n) is 3.02. The lowest BCUT2D eigenvalue weighted by Gasteiger charge is -2.10. The van der Waals surface area contributed by atoms with Gasteiger partial charge in [0.2, 0.25) is 0 Å². The normalized spacial score (nSPS) is 10.6. The minimum atomic E-state index is -0.0887. The molecular weight excluding hydrogens is 274 g/mol. The van der Waals surface area contributed by atoms with Gasteiger partial charge in [-0.05, 0) is 25.5 Å². The molecule has 2 aromatic rings. The van der Waals surface area contributed by atoms with Crippen molar-refractivity contribution in [2.75, 3.05) is 6.54 Å². The van der Waals surface area contributed by atoms with Crippen LogP contribution in [0.5, 0.6) is 0 Å². The van der Waals surface area contributed by atoms with E-state index in [1.807, 2.05) is 31.2 Å². The van der Waals surface area contributed by atoms with Crippen LogP contribution in [0.1, 0.15) is 36.3 Å². The zero-order valence-corrected chi connectivity index (χ0v) is 12.4. The van der Waals surface area contributed by atoms with E-state index in [1.54, 1.807) is 10.9 Å². The highest BCUT2D eigenvalue weighted by Crippen LogP contribution is 2.23. The maximum atomic E-state index is 12.1. The van der Waals surface area contributed by atoms with Gasteiger partial charge in [0.1, 0.15) is 0 Å². The van der Waals surface area contributed by atoms with Gasteiger partial charge in [0, 0.05) is 6.54 Å². The molecule has 20 heavy (non-hydrogen) atoms. The molecule has 0 saturated carbocycles. The zero-order chi connectivity index (χ0) is 14.5. The monoisotopic (exact) mass is 291 g/mol. The van der Waals surface area contributed by atoms with Crippen molar-refractivity contribution in [3.05, 3.63) is 46.7 Å². The summed E-state index contributed by atoms with van der Waals surface area (Å²) in [7, 11) is 0. The van der Waals surface area contributed by atoms with Crippen LogP contribution >= 0.6 is 11.6 Å². The van der Waals surface area contributed by atoms with Gasteiger partial charge in [-0.15, -0.1) is 0 Å². The van der Waals surface area contributed by atoms with Crippen LogP contribution in [0.2, 0.25) is 5.02 Å². The topological polar surface area (TPSA) is 46.9 Å². The maximum absolute atomic E-state index is 12.1. The second-order valence-electron chi connectivity index (χ2n) is 4.48.